The Morgan fingerprint density at radius 1 is 1.47 bits per heavy atom. The molecule has 0 saturated carbocycles. The number of para-hydroxylation sites is 2. The quantitative estimate of drug-likeness (QED) is 0.866. The van der Waals surface area contributed by atoms with Crippen LogP contribution in [0.3, 0.4) is 0 Å². The van der Waals surface area contributed by atoms with Crippen LogP contribution in [-0.2, 0) is 9.53 Å². The minimum absolute atomic E-state index is 0.0146. The van der Waals surface area contributed by atoms with Crippen molar-refractivity contribution in [1.29, 1.82) is 0 Å². The fourth-order valence-corrected chi connectivity index (χ4v) is 2.04. The molecule has 0 aromatic heterocycles. The number of anilines is 2. The SMILES string of the molecule is COCCN1CC(C)C(=O)Nc2ccccc21. The van der Waals surface area contributed by atoms with E-state index in [4.69, 9.17) is 4.74 Å². The lowest BCUT2D eigenvalue weighted by molar-refractivity contribution is -0.119. The van der Waals surface area contributed by atoms with E-state index in [1.807, 2.05) is 31.2 Å². The second-order valence-electron chi connectivity index (χ2n) is 4.35. The van der Waals surface area contributed by atoms with Gasteiger partial charge in [0.2, 0.25) is 5.91 Å². The molecule has 1 aliphatic heterocycles. The normalized spacial score (nSPS) is 19.5. The summed E-state index contributed by atoms with van der Waals surface area (Å²) in [5.41, 5.74) is 1.96. The van der Waals surface area contributed by atoms with Crippen LogP contribution in [0.2, 0.25) is 0 Å². The summed E-state index contributed by atoms with van der Waals surface area (Å²) in [6, 6.07) is 7.89. The molecule has 0 aliphatic carbocycles. The first-order valence-electron chi connectivity index (χ1n) is 5.86. The van der Waals surface area contributed by atoms with E-state index in [1.54, 1.807) is 7.11 Å². The maximum absolute atomic E-state index is 11.8. The zero-order valence-corrected chi connectivity index (χ0v) is 10.3. The minimum atomic E-state index is -0.0146. The highest BCUT2D eigenvalue weighted by Crippen LogP contribution is 2.29. The molecule has 2 rings (SSSR count). The number of methoxy groups -OCH3 is 1. The molecule has 0 saturated heterocycles. The largest absolute Gasteiger partial charge is 0.383 e. The van der Waals surface area contributed by atoms with Crippen LogP contribution >= 0.6 is 0 Å². The van der Waals surface area contributed by atoms with Crippen molar-refractivity contribution in [3.8, 4) is 0 Å². The van der Waals surface area contributed by atoms with Crippen molar-refractivity contribution in [2.45, 2.75) is 6.92 Å². The Morgan fingerprint density at radius 2 is 2.24 bits per heavy atom. The number of hydrogen-bond donors (Lipinski definition) is 1. The van der Waals surface area contributed by atoms with E-state index < -0.39 is 0 Å². The Bertz CT molecular complexity index is 406. The van der Waals surface area contributed by atoms with E-state index in [0.29, 0.717) is 6.61 Å². The fraction of sp³-hybridized carbons (Fsp3) is 0.462. The molecule has 4 heteroatoms. The number of benzene rings is 1. The monoisotopic (exact) mass is 234 g/mol. The van der Waals surface area contributed by atoms with E-state index >= 15 is 0 Å². The first-order chi connectivity index (χ1) is 8.22. The van der Waals surface area contributed by atoms with Crippen LogP contribution in [0.15, 0.2) is 24.3 Å². The van der Waals surface area contributed by atoms with Crippen LogP contribution in [0.5, 0.6) is 0 Å². The molecular weight excluding hydrogens is 216 g/mol. The van der Waals surface area contributed by atoms with Crippen molar-refractivity contribution in [1.82, 2.24) is 0 Å². The molecule has 1 amide bonds. The Hall–Kier alpha value is -1.55. The summed E-state index contributed by atoms with van der Waals surface area (Å²) in [7, 11) is 1.69. The molecule has 0 radical (unpaired) electrons. The van der Waals surface area contributed by atoms with Crippen LogP contribution in [0, 0.1) is 5.92 Å². The third-order valence-electron chi connectivity index (χ3n) is 3.01. The van der Waals surface area contributed by atoms with Crippen LogP contribution < -0.4 is 10.2 Å². The summed E-state index contributed by atoms with van der Waals surface area (Å²) in [4.78, 5) is 14.0. The van der Waals surface area contributed by atoms with Gasteiger partial charge in [0.25, 0.3) is 0 Å². The van der Waals surface area contributed by atoms with Gasteiger partial charge in [-0.25, -0.2) is 0 Å². The van der Waals surface area contributed by atoms with E-state index in [-0.39, 0.29) is 11.8 Å². The third-order valence-corrected chi connectivity index (χ3v) is 3.01. The molecule has 0 fully saturated rings. The molecule has 1 unspecified atom stereocenters. The summed E-state index contributed by atoms with van der Waals surface area (Å²) in [6.45, 7) is 4.13. The lowest BCUT2D eigenvalue weighted by Crippen LogP contribution is -2.33. The van der Waals surface area contributed by atoms with Gasteiger partial charge in [-0.05, 0) is 12.1 Å². The fourth-order valence-electron chi connectivity index (χ4n) is 2.04. The first-order valence-corrected chi connectivity index (χ1v) is 5.86. The van der Waals surface area contributed by atoms with Gasteiger partial charge in [0.1, 0.15) is 0 Å². The topological polar surface area (TPSA) is 41.6 Å². The number of fused-ring (bicyclic) bond motifs is 1. The van der Waals surface area contributed by atoms with Gasteiger partial charge in [0, 0.05) is 20.2 Å². The average Bonchev–Trinajstić information content (AvgIpc) is 2.45. The summed E-state index contributed by atoms with van der Waals surface area (Å²) >= 11 is 0. The highest BCUT2D eigenvalue weighted by molar-refractivity contribution is 5.97. The third kappa shape index (κ3) is 2.58. The smallest absolute Gasteiger partial charge is 0.229 e. The van der Waals surface area contributed by atoms with Crippen molar-refractivity contribution in [3.05, 3.63) is 24.3 Å². The van der Waals surface area contributed by atoms with E-state index in [9.17, 15) is 4.79 Å². The number of rotatable bonds is 3. The number of nitrogens with zero attached hydrogens (tertiary/aromatic N) is 1. The van der Waals surface area contributed by atoms with Crippen molar-refractivity contribution in [2.75, 3.05) is 37.0 Å². The lowest BCUT2D eigenvalue weighted by Gasteiger charge is -2.25. The molecule has 4 nitrogen and oxygen atoms in total. The molecular formula is C13H18N2O2. The summed E-state index contributed by atoms with van der Waals surface area (Å²) in [5.74, 6) is 0.0663. The van der Waals surface area contributed by atoms with Crippen molar-refractivity contribution < 1.29 is 9.53 Å². The van der Waals surface area contributed by atoms with Gasteiger partial charge in [-0.1, -0.05) is 19.1 Å². The van der Waals surface area contributed by atoms with Crippen LogP contribution in [0.4, 0.5) is 11.4 Å². The number of carbonyl (C=O) groups is 1. The Morgan fingerprint density at radius 3 is 3.00 bits per heavy atom. The second kappa shape index (κ2) is 5.19. The average molecular weight is 234 g/mol. The second-order valence-corrected chi connectivity index (χ2v) is 4.35. The lowest BCUT2D eigenvalue weighted by atomic mass is 10.1. The number of carbonyl (C=O) groups excluding carboxylic acids is 1. The summed E-state index contributed by atoms with van der Waals surface area (Å²) < 4.78 is 5.12. The highest BCUT2D eigenvalue weighted by atomic mass is 16.5. The minimum Gasteiger partial charge on any atom is -0.383 e. The Balaban J connectivity index is 2.28. The van der Waals surface area contributed by atoms with Gasteiger partial charge in [0.05, 0.1) is 23.9 Å². The van der Waals surface area contributed by atoms with Crippen molar-refractivity contribution in [3.63, 3.8) is 0 Å². The number of hydrogen-bond acceptors (Lipinski definition) is 3. The van der Waals surface area contributed by atoms with Crippen molar-refractivity contribution >= 4 is 17.3 Å². The van der Waals surface area contributed by atoms with Crippen LogP contribution in [-0.4, -0.2) is 32.7 Å². The molecule has 1 N–H and O–H groups in total. The molecule has 1 heterocycles. The maximum atomic E-state index is 11.8. The van der Waals surface area contributed by atoms with Gasteiger partial charge in [-0.15, -0.1) is 0 Å². The molecule has 1 aromatic rings. The molecule has 0 bridgehead atoms. The Kier molecular flexibility index (Phi) is 3.64. The number of ether oxygens (including phenoxy) is 1. The van der Waals surface area contributed by atoms with Gasteiger partial charge < -0.3 is 15.0 Å². The molecule has 1 atom stereocenters. The number of nitrogens with one attached hydrogen (secondary N) is 1. The molecule has 1 aromatic carbocycles. The van der Waals surface area contributed by atoms with Gasteiger partial charge >= 0.3 is 0 Å². The van der Waals surface area contributed by atoms with Crippen molar-refractivity contribution in [2.24, 2.45) is 5.92 Å². The molecule has 0 spiro atoms. The standard InChI is InChI=1S/C13H18N2O2/c1-10-9-15(7-8-17-2)12-6-4-3-5-11(12)14-13(10)16/h3-6,10H,7-9H2,1-2H3,(H,14,16). The maximum Gasteiger partial charge on any atom is 0.229 e. The van der Waals surface area contributed by atoms with E-state index in [1.165, 1.54) is 0 Å². The van der Waals surface area contributed by atoms with E-state index in [2.05, 4.69) is 10.2 Å². The van der Waals surface area contributed by atoms with Gasteiger partial charge in [-0.2, -0.15) is 0 Å². The highest BCUT2D eigenvalue weighted by Gasteiger charge is 2.24. The predicted octanol–water partition coefficient (Wildman–Crippen LogP) is 1.73. The van der Waals surface area contributed by atoms with E-state index in [0.717, 1.165) is 24.5 Å². The summed E-state index contributed by atoms with van der Waals surface area (Å²) in [6.07, 6.45) is 0. The van der Waals surface area contributed by atoms with Gasteiger partial charge in [0.15, 0.2) is 0 Å². The Labute approximate surface area is 102 Å². The predicted molar refractivity (Wildman–Crippen MR) is 68.3 cm³/mol. The van der Waals surface area contributed by atoms with Gasteiger partial charge in [-0.3, -0.25) is 4.79 Å². The van der Waals surface area contributed by atoms with Crippen LogP contribution in [0.1, 0.15) is 6.92 Å². The molecule has 92 valence electrons. The molecule has 1 aliphatic rings. The zero-order valence-electron chi connectivity index (χ0n) is 10.3. The zero-order chi connectivity index (χ0) is 12.3. The summed E-state index contributed by atoms with van der Waals surface area (Å²) in [5, 5.41) is 2.96. The first kappa shape index (κ1) is 11.9. The molecule has 17 heavy (non-hydrogen) atoms. The number of amides is 1. The van der Waals surface area contributed by atoms with Crippen LogP contribution in [0.25, 0.3) is 0 Å².